The van der Waals surface area contributed by atoms with Crippen LogP contribution in [0.4, 0.5) is 17.1 Å². The standard InChI is InChI=1S/C58H40N2/c1-2-16-39(17-3-1)44-18-10-13-27-55(44)59(42-34-35-50-48-22-5-4-20-46(48)47-21-6-7-23-49(47)54(50)38-42)41-32-30-40(31-33-41)43-36-37-58(51-24-9-8-19-45(43)51)60-56-28-14-11-25-52(56)53-26-12-15-29-57(53)60/h2,4-38H,1,3H2. The van der Waals surface area contributed by atoms with Crippen LogP contribution in [0.25, 0.3) is 87.3 Å². The van der Waals surface area contributed by atoms with Gasteiger partial charge in [-0.2, -0.15) is 0 Å². The summed E-state index contributed by atoms with van der Waals surface area (Å²) in [5.41, 5.74) is 11.9. The van der Waals surface area contributed by atoms with Crippen LogP contribution in [0.2, 0.25) is 0 Å². The highest BCUT2D eigenvalue weighted by Crippen LogP contribution is 2.45. The molecule has 12 rings (SSSR count). The normalized spacial score (nSPS) is 12.9. The second-order valence-corrected chi connectivity index (χ2v) is 15.9. The Bertz CT molecular complexity index is 3460. The van der Waals surface area contributed by atoms with Gasteiger partial charge in [0, 0.05) is 33.1 Å². The van der Waals surface area contributed by atoms with Crippen LogP contribution in [-0.2, 0) is 0 Å². The molecule has 0 unspecified atom stereocenters. The zero-order valence-corrected chi connectivity index (χ0v) is 33.1. The van der Waals surface area contributed by atoms with Crippen LogP contribution in [0.5, 0.6) is 0 Å². The van der Waals surface area contributed by atoms with Gasteiger partial charge >= 0.3 is 0 Å². The predicted octanol–water partition coefficient (Wildman–Crippen LogP) is 16.3. The minimum atomic E-state index is 1.05. The number of nitrogens with zero attached hydrogens (tertiary/aromatic N) is 2. The lowest BCUT2D eigenvalue weighted by atomic mass is 9.93. The molecule has 0 amide bonds. The first-order valence-corrected chi connectivity index (χ1v) is 21.0. The number of rotatable bonds is 6. The Morgan fingerprint density at radius 2 is 0.900 bits per heavy atom. The van der Waals surface area contributed by atoms with Gasteiger partial charge in [-0.05, 0) is 116 Å². The summed E-state index contributed by atoms with van der Waals surface area (Å²) in [6.07, 6.45) is 9.10. The van der Waals surface area contributed by atoms with Gasteiger partial charge in [0.1, 0.15) is 0 Å². The summed E-state index contributed by atoms with van der Waals surface area (Å²) in [5.74, 6) is 0. The van der Waals surface area contributed by atoms with E-state index in [1.165, 1.54) is 92.8 Å². The van der Waals surface area contributed by atoms with Crippen molar-refractivity contribution in [2.75, 3.05) is 4.90 Å². The van der Waals surface area contributed by atoms with Crippen molar-refractivity contribution in [3.8, 4) is 16.8 Å². The number of allylic oxidation sites excluding steroid dienone is 4. The highest BCUT2D eigenvalue weighted by atomic mass is 15.1. The highest BCUT2D eigenvalue weighted by molar-refractivity contribution is 6.26. The Morgan fingerprint density at radius 1 is 0.367 bits per heavy atom. The lowest BCUT2D eigenvalue weighted by Crippen LogP contribution is -2.12. The van der Waals surface area contributed by atoms with Gasteiger partial charge in [-0.15, -0.1) is 0 Å². The molecule has 0 N–H and O–H groups in total. The average molecular weight is 765 g/mol. The van der Waals surface area contributed by atoms with Crippen molar-refractivity contribution < 1.29 is 0 Å². The summed E-state index contributed by atoms with van der Waals surface area (Å²) in [7, 11) is 0. The summed E-state index contributed by atoms with van der Waals surface area (Å²) < 4.78 is 2.43. The number of anilines is 3. The first kappa shape index (κ1) is 34.4. The number of benzene rings is 10. The SMILES string of the molecule is C1=CC(c2ccccc2N(c2ccc(-c3ccc(-n4c5ccccc5c5ccccc54)c4ccccc34)cc2)c2ccc3c4ccccc4c4ccccc4c3c2)=CCC1. The van der Waals surface area contributed by atoms with Crippen LogP contribution in [0.3, 0.4) is 0 Å². The van der Waals surface area contributed by atoms with Gasteiger partial charge < -0.3 is 9.47 Å². The molecule has 0 aliphatic heterocycles. The van der Waals surface area contributed by atoms with Crippen LogP contribution in [0.1, 0.15) is 18.4 Å². The number of aromatic nitrogens is 1. The third-order valence-corrected chi connectivity index (χ3v) is 12.6. The third kappa shape index (κ3) is 5.42. The van der Waals surface area contributed by atoms with Crippen LogP contribution < -0.4 is 4.90 Å². The molecule has 1 aliphatic carbocycles. The number of hydrogen-bond donors (Lipinski definition) is 0. The van der Waals surface area contributed by atoms with Gasteiger partial charge in [-0.3, -0.25) is 0 Å². The van der Waals surface area contributed by atoms with E-state index >= 15 is 0 Å². The Morgan fingerprint density at radius 3 is 1.55 bits per heavy atom. The summed E-state index contributed by atoms with van der Waals surface area (Å²) in [4.78, 5) is 2.45. The molecule has 1 aliphatic rings. The molecule has 60 heavy (non-hydrogen) atoms. The number of hydrogen-bond acceptors (Lipinski definition) is 1. The molecule has 0 atom stereocenters. The van der Waals surface area contributed by atoms with E-state index < -0.39 is 0 Å². The average Bonchev–Trinajstić information content (AvgIpc) is 3.66. The molecule has 0 fully saturated rings. The smallest absolute Gasteiger partial charge is 0.0541 e. The first-order valence-electron chi connectivity index (χ1n) is 21.0. The monoisotopic (exact) mass is 764 g/mol. The van der Waals surface area contributed by atoms with Crippen molar-refractivity contribution in [3.05, 3.63) is 224 Å². The van der Waals surface area contributed by atoms with E-state index in [2.05, 4.69) is 228 Å². The number of para-hydroxylation sites is 3. The minimum Gasteiger partial charge on any atom is -0.310 e. The molecule has 0 bridgehead atoms. The Kier molecular flexibility index (Phi) is 8.02. The van der Waals surface area contributed by atoms with E-state index in [1.54, 1.807) is 0 Å². The van der Waals surface area contributed by atoms with Crippen LogP contribution >= 0.6 is 0 Å². The van der Waals surface area contributed by atoms with E-state index in [1.807, 2.05) is 0 Å². The molecule has 2 nitrogen and oxygen atoms in total. The molecule has 1 aromatic heterocycles. The van der Waals surface area contributed by atoms with E-state index in [9.17, 15) is 0 Å². The fraction of sp³-hybridized carbons (Fsp3) is 0.0345. The summed E-state index contributed by atoms with van der Waals surface area (Å²) >= 11 is 0. The van der Waals surface area contributed by atoms with E-state index in [4.69, 9.17) is 0 Å². The minimum absolute atomic E-state index is 1.05. The van der Waals surface area contributed by atoms with E-state index in [0.717, 1.165) is 29.9 Å². The topological polar surface area (TPSA) is 8.17 Å². The maximum Gasteiger partial charge on any atom is 0.0541 e. The fourth-order valence-electron chi connectivity index (χ4n) is 9.89. The molecule has 2 heteroatoms. The Balaban J connectivity index is 1.03. The van der Waals surface area contributed by atoms with Crippen molar-refractivity contribution >= 4 is 87.5 Å². The molecule has 0 radical (unpaired) electrons. The van der Waals surface area contributed by atoms with Gasteiger partial charge in [0.05, 0.1) is 22.4 Å². The van der Waals surface area contributed by atoms with Crippen LogP contribution in [0.15, 0.2) is 218 Å². The Labute approximate surface area is 349 Å². The number of fused-ring (bicyclic) bond motifs is 10. The van der Waals surface area contributed by atoms with Crippen molar-refractivity contribution in [1.29, 1.82) is 0 Å². The van der Waals surface area contributed by atoms with Gasteiger partial charge in [-0.1, -0.05) is 170 Å². The van der Waals surface area contributed by atoms with Crippen molar-refractivity contribution in [2.45, 2.75) is 12.8 Å². The summed E-state index contributed by atoms with van der Waals surface area (Å²) in [6, 6.07) is 73.8. The lowest BCUT2D eigenvalue weighted by Gasteiger charge is -2.29. The van der Waals surface area contributed by atoms with Crippen LogP contribution in [-0.4, -0.2) is 4.57 Å². The molecular formula is C58H40N2. The maximum absolute atomic E-state index is 2.45. The Hall–Kier alpha value is -7.68. The summed E-state index contributed by atoms with van der Waals surface area (Å²) in [6.45, 7) is 0. The van der Waals surface area contributed by atoms with Gasteiger partial charge in [-0.25, -0.2) is 0 Å². The third-order valence-electron chi connectivity index (χ3n) is 12.6. The van der Waals surface area contributed by atoms with Gasteiger partial charge in [0.2, 0.25) is 0 Å². The molecule has 0 saturated heterocycles. The van der Waals surface area contributed by atoms with E-state index in [-0.39, 0.29) is 0 Å². The van der Waals surface area contributed by atoms with Gasteiger partial charge in [0.25, 0.3) is 0 Å². The van der Waals surface area contributed by atoms with Crippen molar-refractivity contribution in [3.63, 3.8) is 0 Å². The molecule has 10 aromatic carbocycles. The molecule has 1 heterocycles. The van der Waals surface area contributed by atoms with Crippen molar-refractivity contribution in [2.24, 2.45) is 0 Å². The quantitative estimate of drug-likeness (QED) is 0.153. The second kappa shape index (κ2) is 14.0. The van der Waals surface area contributed by atoms with Crippen molar-refractivity contribution in [1.82, 2.24) is 4.57 Å². The summed E-state index contributed by atoms with van der Waals surface area (Å²) in [5, 5.41) is 12.6. The molecular weight excluding hydrogens is 725 g/mol. The zero-order chi connectivity index (χ0) is 39.6. The molecule has 11 aromatic rings. The second-order valence-electron chi connectivity index (χ2n) is 15.9. The predicted molar refractivity (Wildman–Crippen MR) is 257 cm³/mol. The first-order chi connectivity index (χ1) is 29.8. The lowest BCUT2D eigenvalue weighted by molar-refractivity contribution is 1.04. The fourth-order valence-corrected chi connectivity index (χ4v) is 9.89. The molecule has 0 saturated carbocycles. The van der Waals surface area contributed by atoms with Gasteiger partial charge in [0.15, 0.2) is 0 Å². The molecule has 282 valence electrons. The highest BCUT2D eigenvalue weighted by Gasteiger charge is 2.21. The van der Waals surface area contributed by atoms with E-state index in [0.29, 0.717) is 0 Å². The zero-order valence-electron chi connectivity index (χ0n) is 33.1. The molecule has 0 spiro atoms. The maximum atomic E-state index is 2.45. The largest absolute Gasteiger partial charge is 0.310 e. The van der Waals surface area contributed by atoms with Crippen LogP contribution in [0, 0.1) is 0 Å².